The Labute approximate surface area is 116 Å². The molecule has 0 saturated heterocycles. The lowest BCUT2D eigenvalue weighted by atomic mass is 10.1. The molecule has 0 bridgehead atoms. The van der Waals surface area contributed by atoms with Crippen molar-refractivity contribution in [2.45, 2.75) is 0 Å². The van der Waals surface area contributed by atoms with E-state index in [0.29, 0.717) is 11.5 Å². The average Bonchev–Trinajstić information content (AvgIpc) is 2.97. The number of furan rings is 1. The molecule has 2 rings (SSSR count). The first-order valence-corrected chi connectivity index (χ1v) is 5.86. The van der Waals surface area contributed by atoms with Gasteiger partial charge in [-0.15, -0.1) is 0 Å². The molecule has 1 N–H and O–H groups in total. The van der Waals surface area contributed by atoms with E-state index >= 15 is 0 Å². The number of hydrogen-bond acceptors (Lipinski definition) is 5. The van der Waals surface area contributed by atoms with E-state index in [1.54, 1.807) is 12.1 Å². The molecule has 0 aliphatic rings. The fraction of sp³-hybridized carbons (Fsp3) is 0.133. The topological polar surface area (TPSA) is 68.9 Å². The van der Waals surface area contributed by atoms with Crippen LogP contribution in [0.25, 0.3) is 6.08 Å². The fourth-order valence-electron chi connectivity index (χ4n) is 1.73. The van der Waals surface area contributed by atoms with Crippen molar-refractivity contribution in [3.05, 3.63) is 47.9 Å². The van der Waals surface area contributed by atoms with Crippen LogP contribution in [0.1, 0.15) is 16.1 Å². The zero-order valence-corrected chi connectivity index (χ0v) is 11.1. The fourth-order valence-corrected chi connectivity index (χ4v) is 1.73. The second-order valence-electron chi connectivity index (χ2n) is 3.94. The first-order chi connectivity index (χ1) is 9.65. The van der Waals surface area contributed by atoms with Crippen molar-refractivity contribution in [3.8, 4) is 17.2 Å². The Morgan fingerprint density at radius 3 is 2.70 bits per heavy atom. The van der Waals surface area contributed by atoms with E-state index in [1.807, 2.05) is 0 Å². The lowest BCUT2D eigenvalue weighted by molar-refractivity contribution is 0.104. The van der Waals surface area contributed by atoms with Crippen molar-refractivity contribution >= 4 is 11.9 Å². The van der Waals surface area contributed by atoms with Crippen molar-refractivity contribution in [1.29, 1.82) is 0 Å². The minimum atomic E-state index is -0.390. The Hall–Kier alpha value is -2.69. The number of rotatable bonds is 5. The molecule has 0 aliphatic carbocycles. The molecule has 5 nitrogen and oxygen atoms in total. The van der Waals surface area contributed by atoms with Crippen molar-refractivity contribution < 1.29 is 23.8 Å². The van der Waals surface area contributed by atoms with Crippen molar-refractivity contribution in [2.24, 2.45) is 0 Å². The molecule has 1 heterocycles. The second-order valence-corrected chi connectivity index (χ2v) is 3.94. The molecule has 0 fully saturated rings. The van der Waals surface area contributed by atoms with Gasteiger partial charge >= 0.3 is 0 Å². The highest BCUT2D eigenvalue weighted by Crippen LogP contribution is 2.33. The van der Waals surface area contributed by atoms with Gasteiger partial charge in [-0.3, -0.25) is 4.79 Å². The van der Waals surface area contributed by atoms with Gasteiger partial charge in [0.1, 0.15) is 28.6 Å². The molecule has 0 spiro atoms. The molecule has 0 unspecified atom stereocenters. The molecular formula is C15H14O5. The number of hydrogen-bond donors (Lipinski definition) is 1. The maximum Gasteiger partial charge on any atom is 0.193 e. The normalized spacial score (nSPS) is 10.7. The minimum Gasteiger partial charge on any atom is -0.507 e. The number of ether oxygens (including phenoxy) is 2. The van der Waals surface area contributed by atoms with Gasteiger partial charge in [0.15, 0.2) is 5.78 Å². The van der Waals surface area contributed by atoms with Crippen molar-refractivity contribution in [1.82, 2.24) is 0 Å². The molecular weight excluding hydrogens is 260 g/mol. The summed E-state index contributed by atoms with van der Waals surface area (Å²) in [6.07, 6.45) is 4.34. The highest BCUT2D eigenvalue weighted by Gasteiger charge is 2.17. The van der Waals surface area contributed by atoms with Crippen molar-refractivity contribution in [2.75, 3.05) is 14.2 Å². The Morgan fingerprint density at radius 2 is 2.10 bits per heavy atom. The van der Waals surface area contributed by atoms with Gasteiger partial charge in [-0.05, 0) is 24.3 Å². The van der Waals surface area contributed by atoms with Gasteiger partial charge in [-0.25, -0.2) is 0 Å². The van der Waals surface area contributed by atoms with Crippen LogP contribution in [0.3, 0.4) is 0 Å². The van der Waals surface area contributed by atoms with E-state index in [9.17, 15) is 9.90 Å². The molecule has 1 aromatic carbocycles. The first kappa shape index (κ1) is 13.7. The first-order valence-electron chi connectivity index (χ1n) is 5.86. The molecule has 0 saturated carbocycles. The third-order valence-corrected chi connectivity index (χ3v) is 2.70. The predicted octanol–water partition coefficient (Wildman–Crippen LogP) is 2.90. The third-order valence-electron chi connectivity index (χ3n) is 2.70. The van der Waals surface area contributed by atoms with E-state index in [2.05, 4.69) is 0 Å². The quantitative estimate of drug-likeness (QED) is 0.670. The van der Waals surface area contributed by atoms with Crippen LogP contribution >= 0.6 is 0 Å². The zero-order chi connectivity index (χ0) is 14.5. The summed E-state index contributed by atoms with van der Waals surface area (Å²) in [6, 6.07) is 6.33. The van der Waals surface area contributed by atoms with Crippen LogP contribution in [0.15, 0.2) is 41.0 Å². The number of phenolic OH excluding ortho intramolecular Hbond substituents is 1. The van der Waals surface area contributed by atoms with Gasteiger partial charge in [0.25, 0.3) is 0 Å². The largest absolute Gasteiger partial charge is 0.507 e. The van der Waals surface area contributed by atoms with Crippen molar-refractivity contribution in [3.63, 3.8) is 0 Å². The van der Waals surface area contributed by atoms with Crippen LogP contribution in [0.5, 0.6) is 17.2 Å². The number of ketones is 1. The summed E-state index contributed by atoms with van der Waals surface area (Å²) in [7, 11) is 2.88. The molecule has 20 heavy (non-hydrogen) atoms. The predicted molar refractivity (Wildman–Crippen MR) is 73.3 cm³/mol. The number of carbonyl (C=O) groups is 1. The number of carbonyl (C=O) groups excluding carboxylic acids is 1. The maximum absolute atomic E-state index is 12.1. The Balaban J connectivity index is 2.34. The number of benzene rings is 1. The number of phenols is 1. The maximum atomic E-state index is 12.1. The van der Waals surface area contributed by atoms with Gasteiger partial charge in [0.05, 0.1) is 20.5 Å². The monoisotopic (exact) mass is 274 g/mol. The van der Waals surface area contributed by atoms with Crippen LogP contribution in [0.2, 0.25) is 0 Å². The molecule has 1 aromatic heterocycles. The van der Waals surface area contributed by atoms with Gasteiger partial charge in [0, 0.05) is 12.1 Å². The summed E-state index contributed by atoms with van der Waals surface area (Å²) in [5, 5.41) is 9.92. The molecule has 0 aliphatic heterocycles. The van der Waals surface area contributed by atoms with Gasteiger partial charge in [-0.1, -0.05) is 0 Å². The van der Waals surface area contributed by atoms with E-state index in [0.717, 1.165) is 0 Å². The van der Waals surface area contributed by atoms with E-state index in [-0.39, 0.29) is 17.1 Å². The smallest absolute Gasteiger partial charge is 0.193 e. The Bertz CT molecular complexity index is 626. The molecule has 0 amide bonds. The van der Waals surface area contributed by atoms with Gasteiger partial charge in [-0.2, -0.15) is 0 Å². The van der Waals surface area contributed by atoms with Crippen LogP contribution in [-0.4, -0.2) is 25.1 Å². The highest BCUT2D eigenvalue weighted by molar-refractivity contribution is 6.10. The molecule has 0 atom stereocenters. The van der Waals surface area contributed by atoms with E-state index in [1.165, 1.54) is 44.8 Å². The molecule has 104 valence electrons. The van der Waals surface area contributed by atoms with Crippen LogP contribution in [0.4, 0.5) is 0 Å². The number of aromatic hydroxyl groups is 1. The summed E-state index contributed by atoms with van der Waals surface area (Å²) in [5.74, 6) is 0.612. The standard InChI is InChI=1S/C15H14O5/c1-18-11-8-13(17)15(14(9-11)19-2)12(16)6-5-10-4-3-7-20-10/h3-9,17H,1-2H3. The summed E-state index contributed by atoms with van der Waals surface area (Å²) >= 11 is 0. The SMILES string of the molecule is COc1cc(O)c(C(=O)C=Cc2ccco2)c(OC)c1. The van der Waals surface area contributed by atoms with E-state index in [4.69, 9.17) is 13.9 Å². The molecule has 0 radical (unpaired) electrons. The van der Waals surface area contributed by atoms with Crippen LogP contribution in [-0.2, 0) is 0 Å². The number of allylic oxidation sites excluding steroid dienone is 1. The summed E-state index contributed by atoms with van der Waals surface area (Å²) in [5.41, 5.74) is 0.0797. The average molecular weight is 274 g/mol. The van der Waals surface area contributed by atoms with Crippen LogP contribution < -0.4 is 9.47 Å². The highest BCUT2D eigenvalue weighted by atomic mass is 16.5. The van der Waals surface area contributed by atoms with Gasteiger partial charge in [0.2, 0.25) is 0 Å². The second kappa shape index (κ2) is 5.97. The lowest BCUT2D eigenvalue weighted by Crippen LogP contribution is -2.00. The van der Waals surface area contributed by atoms with Gasteiger partial charge < -0.3 is 19.0 Å². The summed E-state index contributed by atoms with van der Waals surface area (Å²) < 4.78 is 15.2. The van der Waals surface area contributed by atoms with E-state index < -0.39 is 5.78 Å². The zero-order valence-electron chi connectivity index (χ0n) is 11.1. The molecule has 5 heteroatoms. The lowest BCUT2D eigenvalue weighted by Gasteiger charge is -2.10. The molecule has 2 aromatic rings. The Morgan fingerprint density at radius 1 is 1.30 bits per heavy atom. The number of methoxy groups -OCH3 is 2. The summed E-state index contributed by atoms with van der Waals surface area (Å²) in [6.45, 7) is 0. The van der Waals surface area contributed by atoms with Crippen LogP contribution in [0, 0.1) is 0 Å². The summed E-state index contributed by atoms with van der Waals surface area (Å²) in [4.78, 5) is 12.1. The third kappa shape index (κ3) is 2.83. The minimum absolute atomic E-state index is 0.0797. The Kier molecular flexibility index (Phi) is 4.10.